The van der Waals surface area contributed by atoms with Crippen LogP contribution in [0.2, 0.25) is 0 Å². The normalized spacial score (nSPS) is 12.0. The van der Waals surface area contributed by atoms with Gasteiger partial charge in [-0.05, 0) is 37.5 Å². The van der Waals surface area contributed by atoms with Gasteiger partial charge in [0.2, 0.25) is 0 Å². The van der Waals surface area contributed by atoms with E-state index in [-0.39, 0.29) is 28.9 Å². The maximum absolute atomic E-state index is 14.1. The monoisotopic (exact) mass is 663 g/mol. The number of phenolic OH excluding ortho intramolecular Hbond substituents is 1. The minimum Gasteiger partial charge on any atom is -0.507 e. The molecule has 4 heteroatoms. The molecule has 1 aromatic carbocycles. The number of carbonyl (C=O) groups excluding carboxylic acids is 2. The maximum Gasteiger partial charge on any atom is 0.182 e. The largest absolute Gasteiger partial charge is 0.507 e. The Bertz CT molecular complexity index is 1190. The molecule has 0 bridgehead atoms. The van der Waals surface area contributed by atoms with Crippen molar-refractivity contribution in [2.75, 3.05) is 0 Å². The highest BCUT2D eigenvalue weighted by Crippen LogP contribution is 2.32. The van der Waals surface area contributed by atoms with Crippen molar-refractivity contribution in [2.45, 2.75) is 202 Å². The van der Waals surface area contributed by atoms with Gasteiger partial charge >= 0.3 is 0 Å². The quantitative estimate of drug-likeness (QED) is 0.0560. The summed E-state index contributed by atoms with van der Waals surface area (Å²) in [4.78, 5) is 27.8. The lowest BCUT2D eigenvalue weighted by atomic mass is 9.87. The number of hydrogen-bond donors (Lipinski definition) is 1. The van der Waals surface area contributed by atoms with Gasteiger partial charge in [0, 0.05) is 56.9 Å². The summed E-state index contributed by atoms with van der Waals surface area (Å²) in [6.45, 7) is 12.9. The standard InChI is InChI=1S/C44H71NO3/c1-7-9-11-13-15-17-19-21-23-25-27-29-40(46)43-39(38(6)45-36(4)33-35(3)34-37(45)5)31-32-42(48)44(43)41(47)30-28-26-24-22-20-18-16-14-12-10-8-2/h31-34,38H,7-30H2,1-6H3/p+1. The topological polar surface area (TPSA) is 58.2 Å². The van der Waals surface area contributed by atoms with E-state index in [1.165, 1.54) is 108 Å². The fourth-order valence-corrected chi connectivity index (χ4v) is 7.56. The van der Waals surface area contributed by atoms with E-state index in [0.29, 0.717) is 18.4 Å². The molecule has 4 nitrogen and oxygen atoms in total. The van der Waals surface area contributed by atoms with Crippen molar-refractivity contribution >= 4 is 11.6 Å². The number of nitrogens with zero attached hydrogens (tertiary/aromatic N) is 1. The number of aryl methyl sites for hydroxylation is 3. The van der Waals surface area contributed by atoms with E-state index < -0.39 is 0 Å². The average molecular weight is 663 g/mol. The highest BCUT2D eigenvalue weighted by Gasteiger charge is 2.31. The highest BCUT2D eigenvalue weighted by molar-refractivity contribution is 6.11. The van der Waals surface area contributed by atoms with E-state index in [2.05, 4.69) is 58.2 Å². The highest BCUT2D eigenvalue weighted by atomic mass is 16.3. The van der Waals surface area contributed by atoms with Gasteiger partial charge in [0.05, 0.1) is 5.56 Å². The van der Waals surface area contributed by atoms with Gasteiger partial charge in [0.1, 0.15) is 5.75 Å². The number of hydrogen-bond acceptors (Lipinski definition) is 3. The van der Waals surface area contributed by atoms with Crippen LogP contribution in [0.4, 0.5) is 0 Å². The summed E-state index contributed by atoms with van der Waals surface area (Å²) in [5.41, 5.74) is 4.98. The first-order valence-corrected chi connectivity index (χ1v) is 20.1. The predicted octanol–water partition coefficient (Wildman–Crippen LogP) is 13.0. The zero-order chi connectivity index (χ0) is 35.1. The van der Waals surface area contributed by atoms with Gasteiger partial charge in [-0.2, -0.15) is 4.57 Å². The third-order valence-electron chi connectivity index (χ3n) is 10.3. The molecule has 0 amide bonds. The number of pyridine rings is 1. The summed E-state index contributed by atoms with van der Waals surface area (Å²) in [5.74, 6) is -0.153. The number of phenols is 1. The number of Topliss-reactive ketones (excluding diaryl/α,β-unsaturated/α-hetero) is 2. The maximum atomic E-state index is 14.1. The average Bonchev–Trinajstić information content (AvgIpc) is 3.05. The predicted molar refractivity (Wildman–Crippen MR) is 204 cm³/mol. The Morgan fingerprint density at radius 3 is 1.31 bits per heavy atom. The molecular formula is C44H72NO3+. The van der Waals surface area contributed by atoms with E-state index in [9.17, 15) is 14.7 Å². The molecule has 2 aromatic rings. The number of unbranched alkanes of at least 4 members (excludes halogenated alkanes) is 20. The van der Waals surface area contributed by atoms with Gasteiger partial charge in [-0.15, -0.1) is 0 Å². The minimum atomic E-state index is -0.143. The Morgan fingerprint density at radius 2 is 0.917 bits per heavy atom. The second kappa shape index (κ2) is 24.6. The molecule has 0 saturated heterocycles. The van der Waals surface area contributed by atoms with E-state index in [4.69, 9.17) is 0 Å². The molecule has 1 unspecified atom stereocenters. The lowest BCUT2D eigenvalue weighted by molar-refractivity contribution is -0.721. The fourth-order valence-electron chi connectivity index (χ4n) is 7.56. The van der Waals surface area contributed by atoms with Crippen LogP contribution in [0, 0.1) is 20.8 Å². The van der Waals surface area contributed by atoms with Crippen LogP contribution in [0.25, 0.3) is 0 Å². The first kappa shape index (κ1) is 41.7. The third-order valence-corrected chi connectivity index (χ3v) is 10.3. The zero-order valence-corrected chi connectivity index (χ0v) is 32.1. The van der Waals surface area contributed by atoms with Crippen molar-refractivity contribution in [1.82, 2.24) is 0 Å². The molecule has 1 aromatic heterocycles. The first-order chi connectivity index (χ1) is 23.2. The van der Waals surface area contributed by atoms with Gasteiger partial charge in [0.15, 0.2) is 29.0 Å². The van der Waals surface area contributed by atoms with Crippen molar-refractivity contribution in [3.8, 4) is 5.75 Å². The van der Waals surface area contributed by atoms with Crippen LogP contribution < -0.4 is 4.57 Å². The van der Waals surface area contributed by atoms with Gasteiger partial charge < -0.3 is 5.11 Å². The molecule has 0 aliphatic carbocycles. The van der Waals surface area contributed by atoms with E-state index in [0.717, 1.165) is 55.5 Å². The summed E-state index contributed by atoms with van der Waals surface area (Å²) >= 11 is 0. The van der Waals surface area contributed by atoms with Crippen molar-refractivity contribution < 1.29 is 19.3 Å². The molecule has 0 radical (unpaired) electrons. The van der Waals surface area contributed by atoms with Gasteiger partial charge in [-0.3, -0.25) is 9.59 Å². The second-order valence-electron chi connectivity index (χ2n) is 14.7. The Kier molecular flexibility index (Phi) is 21.4. The molecule has 270 valence electrons. The first-order valence-electron chi connectivity index (χ1n) is 20.1. The number of carbonyl (C=O) groups is 2. The Balaban J connectivity index is 2.08. The summed E-state index contributed by atoms with van der Waals surface area (Å²) in [6.07, 6.45) is 27.7. The number of aromatic hydroxyl groups is 1. The van der Waals surface area contributed by atoms with Gasteiger partial charge in [-0.25, -0.2) is 0 Å². The van der Waals surface area contributed by atoms with Crippen LogP contribution in [0.5, 0.6) is 5.75 Å². The van der Waals surface area contributed by atoms with E-state index in [1.807, 2.05) is 6.07 Å². The summed E-state index contributed by atoms with van der Waals surface area (Å²) < 4.78 is 2.25. The summed E-state index contributed by atoms with van der Waals surface area (Å²) in [6, 6.07) is 7.69. The molecule has 0 aliphatic heterocycles. The molecule has 0 saturated carbocycles. The van der Waals surface area contributed by atoms with Gasteiger partial charge in [0.25, 0.3) is 0 Å². The SMILES string of the molecule is CCCCCCCCCCCCCC(=O)c1c(O)ccc(C(C)[n+]2c(C)cc(C)cc2C)c1C(=O)CCCCCCCCCCCCC. The van der Waals surface area contributed by atoms with E-state index in [1.54, 1.807) is 6.07 Å². The number of benzene rings is 1. The molecule has 1 N–H and O–H groups in total. The molecule has 0 fully saturated rings. The van der Waals surface area contributed by atoms with Crippen LogP contribution in [0.1, 0.15) is 224 Å². The van der Waals surface area contributed by atoms with Crippen LogP contribution in [-0.2, 0) is 0 Å². The molecule has 1 atom stereocenters. The Hall–Kier alpha value is -2.49. The molecule has 0 aliphatic rings. The van der Waals surface area contributed by atoms with Crippen molar-refractivity contribution in [1.29, 1.82) is 0 Å². The molecule has 2 rings (SSSR count). The molecular weight excluding hydrogens is 590 g/mol. The van der Waals surface area contributed by atoms with Crippen molar-refractivity contribution in [2.24, 2.45) is 0 Å². The third kappa shape index (κ3) is 15.0. The van der Waals surface area contributed by atoms with Crippen LogP contribution in [0.3, 0.4) is 0 Å². The second-order valence-corrected chi connectivity index (χ2v) is 14.7. The van der Waals surface area contributed by atoms with Gasteiger partial charge in [-0.1, -0.05) is 142 Å². The lowest BCUT2D eigenvalue weighted by Gasteiger charge is -2.19. The van der Waals surface area contributed by atoms with E-state index >= 15 is 0 Å². The summed E-state index contributed by atoms with van der Waals surface area (Å²) in [7, 11) is 0. The fraction of sp³-hybridized carbons (Fsp3) is 0.705. The Morgan fingerprint density at radius 1 is 0.562 bits per heavy atom. The summed E-state index contributed by atoms with van der Waals surface area (Å²) in [5, 5.41) is 11.1. The van der Waals surface area contributed by atoms with Crippen molar-refractivity contribution in [3.63, 3.8) is 0 Å². The minimum absolute atomic E-state index is 0.00558. The Labute approximate surface area is 295 Å². The lowest BCUT2D eigenvalue weighted by Crippen LogP contribution is -2.45. The van der Waals surface area contributed by atoms with Crippen molar-refractivity contribution in [3.05, 3.63) is 57.9 Å². The number of rotatable bonds is 28. The zero-order valence-electron chi connectivity index (χ0n) is 32.1. The number of aromatic nitrogens is 1. The number of ketones is 2. The smallest absolute Gasteiger partial charge is 0.182 e. The van der Waals surface area contributed by atoms with Crippen LogP contribution in [0.15, 0.2) is 24.3 Å². The molecule has 48 heavy (non-hydrogen) atoms. The van der Waals surface area contributed by atoms with Crippen LogP contribution >= 0.6 is 0 Å². The molecule has 0 spiro atoms. The molecule has 1 heterocycles. The van der Waals surface area contributed by atoms with Crippen LogP contribution in [-0.4, -0.2) is 16.7 Å².